The minimum Gasteiger partial charge on any atom is -0.389 e. The van der Waals surface area contributed by atoms with Crippen LogP contribution in [0.2, 0.25) is 0 Å². The van der Waals surface area contributed by atoms with E-state index in [1.807, 2.05) is 0 Å². The summed E-state index contributed by atoms with van der Waals surface area (Å²) in [5, 5.41) is 8.35. The SMILES string of the molecule is O=C(CO)CN1C(=O)C=CC1=O. The topological polar surface area (TPSA) is 74.7 Å². The summed E-state index contributed by atoms with van der Waals surface area (Å²) in [5.74, 6) is -1.58. The minimum absolute atomic E-state index is 0.346. The predicted molar refractivity (Wildman–Crippen MR) is 38.0 cm³/mol. The molecule has 0 saturated carbocycles. The van der Waals surface area contributed by atoms with Gasteiger partial charge in [-0.25, -0.2) is 0 Å². The highest BCUT2D eigenvalue weighted by Crippen LogP contribution is 2.02. The van der Waals surface area contributed by atoms with E-state index in [1.165, 1.54) is 0 Å². The molecule has 0 spiro atoms. The number of amides is 2. The Morgan fingerprint density at radius 2 is 1.83 bits per heavy atom. The van der Waals surface area contributed by atoms with Gasteiger partial charge in [0.05, 0.1) is 6.54 Å². The number of aliphatic hydroxyl groups is 1. The van der Waals surface area contributed by atoms with Crippen molar-refractivity contribution < 1.29 is 19.5 Å². The highest BCUT2D eigenvalue weighted by atomic mass is 16.3. The van der Waals surface area contributed by atoms with Gasteiger partial charge in [0.25, 0.3) is 11.8 Å². The number of aliphatic hydroxyl groups excluding tert-OH is 1. The quantitative estimate of drug-likeness (QED) is 0.520. The van der Waals surface area contributed by atoms with Crippen LogP contribution in [0.25, 0.3) is 0 Å². The summed E-state index contributed by atoms with van der Waals surface area (Å²) < 4.78 is 0. The lowest BCUT2D eigenvalue weighted by atomic mass is 10.4. The van der Waals surface area contributed by atoms with Crippen molar-refractivity contribution in [1.29, 1.82) is 0 Å². The van der Waals surface area contributed by atoms with Crippen LogP contribution in [-0.2, 0) is 14.4 Å². The monoisotopic (exact) mass is 169 g/mol. The third kappa shape index (κ3) is 1.57. The van der Waals surface area contributed by atoms with Crippen LogP contribution in [0.15, 0.2) is 12.2 Å². The van der Waals surface area contributed by atoms with E-state index in [0.29, 0.717) is 0 Å². The fraction of sp³-hybridized carbons (Fsp3) is 0.286. The second kappa shape index (κ2) is 3.27. The molecule has 2 amide bonds. The van der Waals surface area contributed by atoms with Crippen molar-refractivity contribution in [1.82, 2.24) is 4.90 Å². The molecule has 1 N–H and O–H groups in total. The van der Waals surface area contributed by atoms with E-state index in [-0.39, 0.29) is 6.54 Å². The number of rotatable bonds is 3. The molecule has 0 aromatic carbocycles. The van der Waals surface area contributed by atoms with Crippen molar-refractivity contribution in [3.63, 3.8) is 0 Å². The fourth-order valence-corrected chi connectivity index (χ4v) is 0.813. The molecule has 0 aromatic rings. The third-order valence-corrected chi connectivity index (χ3v) is 1.41. The first-order chi connectivity index (χ1) is 5.65. The van der Waals surface area contributed by atoms with E-state index in [9.17, 15) is 14.4 Å². The van der Waals surface area contributed by atoms with Gasteiger partial charge in [-0.05, 0) is 0 Å². The second-order valence-electron chi connectivity index (χ2n) is 2.29. The molecule has 0 bridgehead atoms. The number of Topliss-reactive ketones (excluding diaryl/α,β-unsaturated/α-hetero) is 1. The molecular weight excluding hydrogens is 162 g/mol. The van der Waals surface area contributed by atoms with Crippen molar-refractivity contribution in [3.05, 3.63) is 12.2 Å². The van der Waals surface area contributed by atoms with E-state index in [4.69, 9.17) is 5.11 Å². The number of hydrogen-bond acceptors (Lipinski definition) is 4. The van der Waals surface area contributed by atoms with E-state index < -0.39 is 24.2 Å². The molecule has 0 unspecified atom stereocenters. The predicted octanol–water partition coefficient (Wildman–Crippen LogP) is -1.53. The zero-order valence-electron chi connectivity index (χ0n) is 6.19. The lowest BCUT2D eigenvalue weighted by Gasteiger charge is -2.10. The van der Waals surface area contributed by atoms with Gasteiger partial charge in [0.1, 0.15) is 6.61 Å². The van der Waals surface area contributed by atoms with Gasteiger partial charge in [-0.1, -0.05) is 0 Å². The van der Waals surface area contributed by atoms with Gasteiger partial charge in [0.15, 0.2) is 5.78 Å². The maximum Gasteiger partial charge on any atom is 0.254 e. The number of hydrogen-bond donors (Lipinski definition) is 1. The molecule has 12 heavy (non-hydrogen) atoms. The summed E-state index contributed by atoms with van der Waals surface area (Å²) in [5.41, 5.74) is 0. The van der Waals surface area contributed by atoms with E-state index in [1.54, 1.807) is 0 Å². The summed E-state index contributed by atoms with van der Waals surface area (Å²) in [6.45, 7) is -1.00. The maximum absolute atomic E-state index is 10.8. The highest BCUT2D eigenvalue weighted by molar-refractivity contribution is 6.14. The number of nitrogens with zero attached hydrogens (tertiary/aromatic N) is 1. The molecule has 0 aromatic heterocycles. The molecule has 1 rings (SSSR count). The number of imide groups is 1. The molecule has 1 aliphatic rings. The zero-order chi connectivity index (χ0) is 9.14. The normalized spacial score (nSPS) is 15.9. The Balaban J connectivity index is 2.59. The molecule has 0 saturated heterocycles. The Hall–Kier alpha value is -1.49. The van der Waals surface area contributed by atoms with E-state index in [0.717, 1.165) is 17.1 Å². The second-order valence-corrected chi connectivity index (χ2v) is 2.29. The average Bonchev–Trinajstić information content (AvgIpc) is 2.35. The largest absolute Gasteiger partial charge is 0.389 e. The van der Waals surface area contributed by atoms with Crippen LogP contribution in [-0.4, -0.2) is 40.8 Å². The Kier molecular flexibility index (Phi) is 2.35. The van der Waals surface area contributed by atoms with Crippen LogP contribution in [0, 0.1) is 0 Å². The van der Waals surface area contributed by atoms with Crippen LogP contribution in [0.4, 0.5) is 0 Å². The van der Waals surface area contributed by atoms with Crippen LogP contribution in [0.3, 0.4) is 0 Å². The Labute approximate surface area is 68.3 Å². The summed E-state index contributed by atoms with van der Waals surface area (Å²) in [4.78, 5) is 33.1. The van der Waals surface area contributed by atoms with Gasteiger partial charge in [-0.3, -0.25) is 19.3 Å². The first kappa shape index (κ1) is 8.61. The smallest absolute Gasteiger partial charge is 0.254 e. The van der Waals surface area contributed by atoms with Crippen molar-refractivity contribution in [2.45, 2.75) is 0 Å². The Morgan fingerprint density at radius 3 is 2.25 bits per heavy atom. The van der Waals surface area contributed by atoms with Crippen LogP contribution in [0.5, 0.6) is 0 Å². The summed E-state index contributed by atoms with van der Waals surface area (Å²) >= 11 is 0. The van der Waals surface area contributed by atoms with Gasteiger partial charge in [0, 0.05) is 12.2 Å². The van der Waals surface area contributed by atoms with Crippen LogP contribution in [0.1, 0.15) is 0 Å². The molecular formula is C7H7NO4. The molecule has 0 aliphatic carbocycles. The third-order valence-electron chi connectivity index (χ3n) is 1.41. The Morgan fingerprint density at radius 1 is 1.33 bits per heavy atom. The molecule has 0 radical (unpaired) electrons. The molecule has 64 valence electrons. The van der Waals surface area contributed by atoms with Crippen molar-refractivity contribution in [3.8, 4) is 0 Å². The molecule has 1 heterocycles. The number of carbonyl (C=O) groups is 3. The van der Waals surface area contributed by atoms with Gasteiger partial charge in [0.2, 0.25) is 0 Å². The van der Waals surface area contributed by atoms with Crippen LogP contribution >= 0.6 is 0 Å². The highest BCUT2D eigenvalue weighted by Gasteiger charge is 2.24. The molecule has 5 heteroatoms. The van der Waals surface area contributed by atoms with Gasteiger partial charge >= 0.3 is 0 Å². The fourth-order valence-electron chi connectivity index (χ4n) is 0.813. The molecule has 1 aliphatic heterocycles. The van der Waals surface area contributed by atoms with Crippen molar-refractivity contribution in [2.24, 2.45) is 0 Å². The summed E-state index contributed by atoms with van der Waals surface area (Å²) in [6, 6.07) is 0. The van der Waals surface area contributed by atoms with E-state index in [2.05, 4.69) is 0 Å². The molecule has 0 atom stereocenters. The molecule has 0 fully saturated rings. The van der Waals surface area contributed by atoms with Crippen molar-refractivity contribution >= 4 is 17.6 Å². The lowest BCUT2D eigenvalue weighted by Crippen LogP contribution is -2.35. The number of ketones is 1. The van der Waals surface area contributed by atoms with Gasteiger partial charge in [-0.2, -0.15) is 0 Å². The zero-order valence-corrected chi connectivity index (χ0v) is 6.19. The van der Waals surface area contributed by atoms with E-state index >= 15 is 0 Å². The van der Waals surface area contributed by atoms with Crippen LogP contribution < -0.4 is 0 Å². The van der Waals surface area contributed by atoms with Gasteiger partial charge < -0.3 is 5.11 Å². The average molecular weight is 169 g/mol. The van der Waals surface area contributed by atoms with Crippen molar-refractivity contribution in [2.75, 3.05) is 13.2 Å². The Bertz CT molecular complexity index is 251. The van der Waals surface area contributed by atoms with Gasteiger partial charge in [-0.15, -0.1) is 0 Å². The minimum atomic E-state index is -0.656. The summed E-state index contributed by atoms with van der Waals surface area (Å²) in [7, 11) is 0. The standard InChI is InChI=1S/C7H7NO4/c9-4-5(10)3-8-6(11)1-2-7(8)12/h1-2,9H,3-4H2. The molecule has 5 nitrogen and oxygen atoms in total. The first-order valence-corrected chi connectivity index (χ1v) is 3.31. The first-order valence-electron chi connectivity index (χ1n) is 3.31. The maximum atomic E-state index is 10.8. The summed E-state index contributed by atoms with van der Waals surface area (Å²) in [6.07, 6.45) is 2.18. The number of carbonyl (C=O) groups excluding carboxylic acids is 3. The lowest BCUT2D eigenvalue weighted by molar-refractivity contribution is -0.141.